The highest BCUT2D eigenvalue weighted by molar-refractivity contribution is 6.51. The van der Waals surface area contributed by atoms with Gasteiger partial charge in [0.1, 0.15) is 12.1 Å². The summed E-state index contributed by atoms with van der Waals surface area (Å²) in [6.07, 6.45) is 4.21. The summed E-state index contributed by atoms with van der Waals surface area (Å²) in [6.45, 7) is 3.99. The number of carbonyl (C=O) groups is 2. The number of carboxylic acid groups (broad SMARTS) is 1. The SMILES string of the molecule is Cc1ccc(N2C=N/C(=N/Nc3cccc(C4CCCC(C(=O)O)C4)c3O)C2=O)cc1C. The van der Waals surface area contributed by atoms with E-state index in [1.54, 1.807) is 12.1 Å². The van der Waals surface area contributed by atoms with Crippen molar-refractivity contribution in [2.45, 2.75) is 45.4 Å². The Kier molecular flexibility index (Phi) is 5.94. The molecule has 166 valence electrons. The van der Waals surface area contributed by atoms with E-state index >= 15 is 0 Å². The highest BCUT2D eigenvalue weighted by Gasteiger charge is 2.30. The second-order valence-corrected chi connectivity index (χ2v) is 8.38. The number of phenolic OH excluding ortho intramolecular Hbond substituents is 1. The normalized spacial score (nSPS) is 21.9. The molecule has 2 aromatic rings. The Morgan fingerprint density at radius 1 is 1.19 bits per heavy atom. The smallest absolute Gasteiger partial charge is 0.306 e. The van der Waals surface area contributed by atoms with Gasteiger partial charge in [0.25, 0.3) is 0 Å². The summed E-state index contributed by atoms with van der Waals surface area (Å²) in [6, 6.07) is 11.0. The number of hydrogen-bond donors (Lipinski definition) is 3. The van der Waals surface area contributed by atoms with E-state index in [0.29, 0.717) is 29.8 Å². The number of aliphatic imine (C=N–C) groups is 1. The van der Waals surface area contributed by atoms with Gasteiger partial charge in [-0.2, -0.15) is 0 Å². The van der Waals surface area contributed by atoms with Gasteiger partial charge in [-0.25, -0.2) is 4.99 Å². The number of para-hydroxylation sites is 1. The van der Waals surface area contributed by atoms with Crippen LogP contribution in [0.3, 0.4) is 0 Å². The number of amidine groups is 1. The maximum Gasteiger partial charge on any atom is 0.306 e. The zero-order valence-electron chi connectivity index (χ0n) is 18.1. The number of aromatic hydroxyl groups is 1. The summed E-state index contributed by atoms with van der Waals surface area (Å²) in [5.41, 5.74) is 6.71. The summed E-state index contributed by atoms with van der Waals surface area (Å²) in [7, 11) is 0. The summed E-state index contributed by atoms with van der Waals surface area (Å²) in [5.74, 6) is -1.59. The number of aryl methyl sites for hydroxylation is 2. The van der Waals surface area contributed by atoms with Crippen LogP contribution in [0.5, 0.6) is 5.75 Å². The first-order valence-electron chi connectivity index (χ1n) is 10.7. The van der Waals surface area contributed by atoms with E-state index in [1.807, 2.05) is 38.1 Å². The Labute approximate surface area is 186 Å². The predicted octanol–water partition coefficient (Wildman–Crippen LogP) is 4.17. The third-order valence-electron chi connectivity index (χ3n) is 6.29. The number of carboxylic acids is 1. The van der Waals surface area contributed by atoms with Gasteiger partial charge in [0, 0.05) is 0 Å². The number of amides is 1. The molecular weight excluding hydrogens is 408 g/mol. The fourth-order valence-corrected chi connectivity index (χ4v) is 4.25. The number of aliphatic carboxylic acids is 1. The summed E-state index contributed by atoms with van der Waals surface area (Å²) in [5, 5.41) is 24.2. The molecule has 1 fully saturated rings. The third kappa shape index (κ3) is 4.21. The van der Waals surface area contributed by atoms with Crippen molar-refractivity contribution in [3.05, 3.63) is 53.1 Å². The second-order valence-electron chi connectivity index (χ2n) is 8.38. The molecule has 0 spiro atoms. The standard InChI is InChI=1S/C24H26N4O4/c1-14-9-10-18(11-15(14)2)28-13-25-22(23(28)30)27-26-20-8-4-7-19(21(20)29)16-5-3-6-17(12-16)24(31)32/h4,7-11,13,16-17,26,29H,3,5-6,12H2,1-2H3,(H,31,32)/b27-22+. The molecule has 1 amide bonds. The van der Waals surface area contributed by atoms with Crippen LogP contribution in [0.1, 0.15) is 48.3 Å². The van der Waals surface area contributed by atoms with Gasteiger partial charge in [-0.3, -0.25) is 19.9 Å². The number of rotatable bonds is 5. The number of hydrazone groups is 1. The van der Waals surface area contributed by atoms with E-state index in [1.165, 1.54) is 11.2 Å². The van der Waals surface area contributed by atoms with Crippen LogP contribution in [0.25, 0.3) is 0 Å². The molecule has 1 heterocycles. The van der Waals surface area contributed by atoms with Crippen LogP contribution in [-0.2, 0) is 9.59 Å². The molecule has 0 radical (unpaired) electrons. The van der Waals surface area contributed by atoms with Gasteiger partial charge < -0.3 is 10.2 Å². The van der Waals surface area contributed by atoms with E-state index in [2.05, 4.69) is 15.5 Å². The molecule has 8 heteroatoms. The number of phenols is 1. The number of anilines is 2. The monoisotopic (exact) mass is 434 g/mol. The highest BCUT2D eigenvalue weighted by Crippen LogP contribution is 2.42. The largest absolute Gasteiger partial charge is 0.505 e. The number of carbonyl (C=O) groups excluding carboxylic acids is 1. The first kappa shape index (κ1) is 21.5. The molecule has 3 N–H and O–H groups in total. The highest BCUT2D eigenvalue weighted by atomic mass is 16.4. The van der Waals surface area contributed by atoms with Crippen LogP contribution in [0.15, 0.2) is 46.5 Å². The van der Waals surface area contributed by atoms with Crippen molar-refractivity contribution < 1.29 is 19.8 Å². The molecule has 2 aromatic carbocycles. The molecule has 1 aliphatic heterocycles. The number of hydrogen-bond acceptors (Lipinski definition) is 5. The van der Waals surface area contributed by atoms with Gasteiger partial charge in [-0.15, -0.1) is 5.10 Å². The van der Waals surface area contributed by atoms with E-state index in [9.17, 15) is 19.8 Å². The Balaban J connectivity index is 1.50. The Hall–Kier alpha value is -3.68. The van der Waals surface area contributed by atoms with Crippen LogP contribution in [-0.4, -0.2) is 34.3 Å². The maximum absolute atomic E-state index is 12.7. The molecular formula is C24H26N4O4. The quantitative estimate of drug-likeness (QED) is 0.483. The minimum Gasteiger partial charge on any atom is -0.505 e. The lowest BCUT2D eigenvalue weighted by atomic mass is 9.77. The Morgan fingerprint density at radius 3 is 2.75 bits per heavy atom. The molecule has 0 aromatic heterocycles. The van der Waals surface area contributed by atoms with Crippen molar-refractivity contribution in [1.29, 1.82) is 0 Å². The minimum absolute atomic E-state index is 0.0170. The first-order chi connectivity index (χ1) is 15.3. The fraction of sp³-hybridized carbons (Fsp3) is 0.333. The van der Waals surface area contributed by atoms with E-state index in [4.69, 9.17) is 0 Å². The van der Waals surface area contributed by atoms with E-state index in [-0.39, 0.29) is 23.4 Å². The van der Waals surface area contributed by atoms with Crippen LogP contribution in [0.4, 0.5) is 11.4 Å². The summed E-state index contributed by atoms with van der Waals surface area (Å²) < 4.78 is 0. The molecule has 32 heavy (non-hydrogen) atoms. The molecule has 1 saturated carbocycles. The van der Waals surface area contributed by atoms with Crippen molar-refractivity contribution in [2.75, 3.05) is 10.3 Å². The van der Waals surface area contributed by atoms with Crippen LogP contribution in [0, 0.1) is 19.8 Å². The van der Waals surface area contributed by atoms with Gasteiger partial charge in [-0.1, -0.05) is 24.6 Å². The Bertz CT molecular complexity index is 1120. The molecule has 2 unspecified atom stereocenters. The fourth-order valence-electron chi connectivity index (χ4n) is 4.25. The van der Waals surface area contributed by atoms with Crippen LogP contribution in [0.2, 0.25) is 0 Å². The van der Waals surface area contributed by atoms with Gasteiger partial charge in [0.15, 0.2) is 0 Å². The predicted molar refractivity (Wildman–Crippen MR) is 123 cm³/mol. The molecule has 0 bridgehead atoms. The maximum atomic E-state index is 12.7. The average Bonchev–Trinajstić information content (AvgIpc) is 3.15. The molecule has 8 nitrogen and oxygen atoms in total. The number of nitrogens with zero attached hydrogens (tertiary/aromatic N) is 3. The lowest BCUT2D eigenvalue weighted by molar-refractivity contribution is -0.143. The number of nitrogens with one attached hydrogen (secondary N) is 1. The van der Waals surface area contributed by atoms with Gasteiger partial charge in [0.05, 0.1) is 17.3 Å². The van der Waals surface area contributed by atoms with Gasteiger partial charge in [0.2, 0.25) is 5.84 Å². The molecule has 4 rings (SSSR count). The Morgan fingerprint density at radius 2 is 2.00 bits per heavy atom. The topological polar surface area (TPSA) is 115 Å². The van der Waals surface area contributed by atoms with Gasteiger partial charge in [-0.05, 0) is 73.9 Å². The van der Waals surface area contributed by atoms with Crippen molar-refractivity contribution >= 4 is 35.4 Å². The van der Waals surface area contributed by atoms with Gasteiger partial charge >= 0.3 is 11.9 Å². The third-order valence-corrected chi connectivity index (χ3v) is 6.29. The average molecular weight is 434 g/mol. The zero-order chi connectivity index (χ0) is 22.8. The molecule has 1 aliphatic carbocycles. The van der Waals surface area contributed by atoms with E-state index < -0.39 is 11.9 Å². The molecule has 2 aliphatic rings. The van der Waals surface area contributed by atoms with Crippen molar-refractivity contribution in [1.82, 2.24) is 0 Å². The van der Waals surface area contributed by atoms with Crippen LogP contribution < -0.4 is 10.3 Å². The zero-order valence-corrected chi connectivity index (χ0v) is 18.1. The minimum atomic E-state index is -0.791. The molecule has 2 atom stereocenters. The van der Waals surface area contributed by atoms with Crippen molar-refractivity contribution in [3.63, 3.8) is 0 Å². The summed E-state index contributed by atoms with van der Waals surface area (Å²) >= 11 is 0. The lowest BCUT2D eigenvalue weighted by Gasteiger charge is -2.27. The van der Waals surface area contributed by atoms with Crippen LogP contribution >= 0.6 is 0 Å². The van der Waals surface area contributed by atoms with E-state index in [0.717, 1.165) is 24.0 Å². The van der Waals surface area contributed by atoms with Crippen molar-refractivity contribution in [2.24, 2.45) is 16.0 Å². The summed E-state index contributed by atoms with van der Waals surface area (Å²) in [4.78, 5) is 29.7. The lowest BCUT2D eigenvalue weighted by Crippen LogP contribution is -2.28. The number of benzene rings is 2. The van der Waals surface area contributed by atoms with Crippen molar-refractivity contribution in [3.8, 4) is 5.75 Å². The first-order valence-corrected chi connectivity index (χ1v) is 10.7. The second kappa shape index (κ2) is 8.82. The molecule has 0 saturated heterocycles.